The minimum atomic E-state index is 0.713. The molecule has 1 radical (unpaired) electrons. The van der Waals surface area contributed by atoms with Crippen molar-refractivity contribution in [2.45, 2.75) is 37.3 Å². The highest BCUT2D eigenvalue weighted by Crippen LogP contribution is 2.07. The van der Waals surface area contributed by atoms with Crippen molar-refractivity contribution in [3.05, 3.63) is 10.4 Å². The predicted octanol–water partition coefficient (Wildman–Crippen LogP) is 3.22. The Morgan fingerprint density at radius 3 is 1.40 bits per heavy atom. The van der Waals surface area contributed by atoms with Gasteiger partial charge >= 0.3 is 0 Å². The zero-order chi connectivity index (χ0) is 8.57. The normalized spacial score (nSPS) is 8.20. The third-order valence-corrected chi connectivity index (χ3v) is 2.31. The molecule has 0 saturated heterocycles. The summed E-state index contributed by atoms with van der Waals surface area (Å²) in [6.45, 7) is 9.20. The van der Waals surface area contributed by atoms with E-state index in [1.807, 2.05) is 0 Å². The fourth-order valence-electron chi connectivity index (χ4n) is 0.770. The maximum absolute atomic E-state index is 6.86. The van der Waals surface area contributed by atoms with Crippen LogP contribution in [0, 0.1) is 5.53 Å². The molecule has 0 aliphatic heterocycles. The van der Waals surface area contributed by atoms with Crippen molar-refractivity contribution >= 4 is 15.2 Å². The van der Waals surface area contributed by atoms with E-state index in [1.165, 1.54) is 0 Å². The lowest BCUT2D eigenvalue weighted by molar-refractivity contribution is 0.971. The van der Waals surface area contributed by atoms with Crippen LogP contribution < -0.4 is 0 Å². The van der Waals surface area contributed by atoms with Gasteiger partial charge in [0.05, 0.1) is 0 Å². The SMILES string of the molecule is C[CH](C)[Al][CH](C)C.[N-]=[N+]=N. The standard InChI is InChI=1S/2C3H7.Al.HN3/c2*1-3-2;;1-3-2/h2*3H,1-2H3;;1H. The van der Waals surface area contributed by atoms with Gasteiger partial charge in [-0.15, -0.1) is 5.53 Å². The first-order valence-corrected chi connectivity index (χ1v) is 4.73. The lowest BCUT2D eigenvalue weighted by atomic mass is 10.5. The van der Waals surface area contributed by atoms with E-state index in [2.05, 4.69) is 27.7 Å². The third-order valence-electron chi connectivity index (χ3n) is 0.770. The Kier molecular flexibility index (Phi) is 11.1. The van der Waals surface area contributed by atoms with Crippen LogP contribution in [0.3, 0.4) is 0 Å². The zero-order valence-electron chi connectivity index (χ0n) is 7.13. The summed E-state index contributed by atoms with van der Waals surface area (Å²) in [5, 5.41) is 0. The number of nitrogens with one attached hydrogen (secondary N) is 1. The molecule has 10 heavy (non-hydrogen) atoms. The van der Waals surface area contributed by atoms with Gasteiger partial charge < -0.3 is 0 Å². The first-order valence-electron chi connectivity index (χ1n) is 3.40. The van der Waals surface area contributed by atoms with Crippen molar-refractivity contribution in [3.63, 3.8) is 0 Å². The smallest absolute Gasteiger partial charge is 0.108 e. The van der Waals surface area contributed by atoms with E-state index in [0.717, 1.165) is 9.56 Å². The van der Waals surface area contributed by atoms with Crippen molar-refractivity contribution in [3.8, 4) is 0 Å². The van der Waals surface area contributed by atoms with Gasteiger partial charge in [0, 0.05) is 0 Å². The molecule has 0 bridgehead atoms. The minimum Gasteiger partial charge on any atom is -0.108 e. The molecule has 4 heteroatoms. The maximum atomic E-state index is 6.86. The van der Waals surface area contributed by atoms with Crippen LogP contribution in [0.15, 0.2) is 0 Å². The molecule has 1 N–H and O–H groups in total. The van der Waals surface area contributed by atoms with Crippen molar-refractivity contribution in [1.29, 1.82) is 5.53 Å². The van der Waals surface area contributed by atoms with Crippen molar-refractivity contribution < 1.29 is 0 Å². The molecule has 0 aliphatic rings. The second-order valence-corrected chi connectivity index (χ2v) is 5.83. The second kappa shape index (κ2) is 8.84. The Bertz CT molecular complexity index is 89.2. The zero-order valence-corrected chi connectivity index (χ0v) is 8.28. The second-order valence-electron chi connectivity index (χ2n) is 2.78. The third kappa shape index (κ3) is 24.9. The monoisotopic (exact) mass is 156 g/mol. The summed E-state index contributed by atoms with van der Waals surface area (Å²) < 4.78 is 1.92. The molecule has 0 aliphatic carbocycles. The van der Waals surface area contributed by atoms with E-state index < -0.39 is 0 Å². The van der Waals surface area contributed by atoms with E-state index in [9.17, 15) is 0 Å². The molecule has 0 spiro atoms. The van der Waals surface area contributed by atoms with Crippen LogP contribution in [-0.4, -0.2) is 15.2 Å². The summed E-state index contributed by atoms with van der Waals surface area (Å²) in [5.74, 6) is 0. The first kappa shape index (κ1) is 12.5. The van der Waals surface area contributed by atoms with Crippen LogP contribution >= 0.6 is 0 Å². The molecule has 0 fully saturated rings. The van der Waals surface area contributed by atoms with Gasteiger partial charge in [0.25, 0.3) is 0 Å². The fraction of sp³-hybridized carbons (Fsp3) is 1.00. The summed E-state index contributed by atoms with van der Waals surface area (Å²) >= 11 is 0.713. The average Bonchev–Trinajstić information content (AvgIpc) is 1.62. The molecule has 0 amide bonds. The van der Waals surface area contributed by atoms with Gasteiger partial charge in [-0.25, -0.2) is 0 Å². The molecule has 0 heterocycles. The summed E-state index contributed by atoms with van der Waals surface area (Å²) in [7, 11) is 0. The first-order chi connectivity index (χ1) is 4.54. The summed E-state index contributed by atoms with van der Waals surface area (Å²) in [5.41, 5.74) is 12.2. The summed E-state index contributed by atoms with van der Waals surface area (Å²) in [6.07, 6.45) is 0. The van der Waals surface area contributed by atoms with Crippen LogP contribution in [-0.2, 0) is 0 Å². The van der Waals surface area contributed by atoms with E-state index in [4.69, 9.17) is 11.1 Å². The van der Waals surface area contributed by atoms with Gasteiger partial charge in [0.2, 0.25) is 15.2 Å². The van der Waals surface area contributed by atoms with Crippen molar-refractivity contribution in [1.82, 2.24) is 0 Å². The van der Waals surface area contributed by atoms with Crippen LogP contribution in [0.2, 0.25) is 9.56 Å². The topological polar surface area (TPSA) is 60.3 Å². The molecular weight excluding hydrogens is 141 g/mol. The number of hydrogen-bond acceptors (Lipinski definition) is 1. The molecule has 0 saturated carbocycles. The highest BCUT2D eigenvalue weighted by molar-refractivity contribution is 6.38. The van der Waals surface area contributed by atoms with Crippen molar-refractivity contribution in [2.75, 3.05) is 0 Å². The number of hydrogen-bond donors (Lipinski definition) is 1. The quantitative estimate of drug-likeness (QED) is 0.276. The molecule has 0 unspecified atom stereocenters. The van der Waals surface area contributed by atoms with Gasteiger partial charge in [-0.1, -0.05) is 37.3 Å². The van der Waals surface area contributed by atoms with Gasteiger partial charge in [-0.05, 0) is 10.4 Å². The Hall–Kier alpha value is -0.158. The van der Waals surface area contributed by atoms with Gasteiger partial charge in [-0.3, -0.25) is 0 Å². The van der Waals surface area contributed by atoms with E-state index in [1.54, 1.807) is 4.91 Å². The van der Waals surface area contributed by atoms with Gasteiger partial charge in [0.1, 0.15) is 0 Å². The average molecular weight is 156 g/mol. The Morgan fingerprint density at radius 1 is 1.20 bits per heavy atom. The summed E-state index contributed by atoms with van der Waals surface area (Å²) in [4.78, 5) is 1.75. The summed E-state index contributed by atoms with van der Waals surface area (Å²) in [6, 6.07) is 0. The van der Waals surface area contributed by atoms with Crippen LogP contribution in [0.25, 0.3) is 10.4 Å². The fourth-order valence-corrected chi connectivity index (χ4v) is 2.31. The molecule has 0 rings (SSSR count). The molecule has 3 nitrogen and oxygen atoms in total. The molecule has 0 atom stereocenters. The minimum absolute atomic E-state index is 0.713. The van der Waals surface area contributed by atoms with Crippen molar-refractivity contribution in [2.24, 2.45) is 0 Å². The largest absolute Gasteiger partial charge is 0.208 e. The van der Waals surface area contributed by atoms with Crippen LogP contribution in [0.4, 0.5) is 0 Å². The van der Waals surface area contributed by atoms with Crippen LogP contribution in [0.1, 0.15) is 27.7 Å². The Morgan fingerprint density at radius 2 is 1.40 bits per heavy atom. The lowest BCUT2D eigenvalue weighted by Crippen LogP contribution is -1.98. The molecular formula is C6H15AlN3. The highest BCUT2D eigenvalue weighted by atomic mass is 27.1. The molecule has 57 valence electrons. The van der Waals surface area contributed by atoms with Gasteiger partial charge in [0.15, 0.2) is 0 Å². The number of nitrogens with zero attached hydrogens (tertiary/aromatic N) is 2. The Labute approximate surface area is 68.9 Å². The maximum Gasteiger partial charge on any atom is 0.208 e. The molecule has 0 aromatic heterocycles. The predicted molar refractivity (Wildman–Crippen MR) is 45.4 cm³/mol. The highest BCUT2D eigenvalue weighted by Gasteiger charge is 1.99. The Balaban J connectivity index is 0. The van der Waals surface area contributed by atoms with Gasteiger partial charge in [-0.2, -0.15) is 0 Å². The molecule has 0 aromatic carbocycles. The van der Waals surface area contributed by atoms with Crippen LogP contribution in [0.5, 0.6) is 0 Å². The van der Waals surface area contributed by atoms with E-state index in [0.29, 0.717) is 15.2 Å². The lowest BCUT2D eigenvalue weighted by Gasteiger charge is -2.02. The van der Waals surface area contributed by atoms with E-state index in [-0.39, 0.29) is 0 Å². The molecule has 0 aromatic rings. The van der Waals surface area contributed by atoms with E-state index >= 15 is 0 Å². The number of rotatable bonds is 2.